The second-order valence-corrected chi connectivity index (χ2v) is 4.98. The minimum Gasteiger partial charge on any atom is -0.481 e. The van der Waals surface area contributed by atoms with Gasteiger partial charge in [0.1, 0.15) is 0 Å². The van der Waals surface area contributed by atoms with Crippen molar-refractivity contribution < 1.29 is 14.7 Å². The SMILES string of the molecule is CC(CNC(=O)NCCC(C)c1ccccc1)C(=O)O. The second kappa shape index (κ2) is 8.19. The number of hydrogen-bond acceptors (Lipinski definition) is 2. The van der Waals surface area contributed by atoms with Crippen LogP contribution in [0.3, 0.4) is 0 Å². The molecule has 3 N–H and O–H groups in total. The molecule has 1 aromatic rings. The molecule has 0 saturated carbocycles. The van der Waals surface area contributed by atoms with Crippen molar-refractivity contribution in [2.45, 2.75) is 26.2 Å². The first-order valence-corrected chi connectivity index (χ1v) is 6.80. The molecule has 0 saturated heterocycles. The van der Waals surface area contributed by atoms with Gasteiger partial charge >= 0.3 is 12.0 Å². The average molecular weight is 278 g/mol. The van der Waals surface area contributed by atoms with Crippen LogP contribution in [0, 0.1) is 5.92 Å². The highest BCUT2D eigenvalue weighted by Gasteiger charge is 2.12. The number of carbonyl (C=O) groups is 2. The first-order valence-electron chi connectivity index (χ1n) is 6.80. The highest BCUT2D eigenvalue weighted by atomic mass is 16.4. The summed E-state index contributed by atoms with van der Waals surface area (Å²) in [4.78, 5) is 22.1. The van der Waals surface area contributed by atoms with E-state index in [0.717, 1.165) is 6.42 Å². The van der Waals surface area contributed by atoms with Crippen LogP contribution in [0.2, 0.25) is 0 Å². The molecular formula is C15H22N2O3. The lowest BCUT2D eigenvalue weighted by Crippen LogP contribution is -2.39. The van der Waals surface area contributed by atoms with Crippen molar-refractivity contribution in [2.24, 2.45) is 5.92 Å². The van der Waals surface area contributed by atoms with E-state index in [0.29, 0.717) is 12.5 Å². The lowest BCUT2D eigenvalue weighted by molar-refractivity contribution is -0.140. The third-order valence-electron chi connectivity index (χ3n) is 3.22. The molecule has 0 aromatic heterocycles. The number of nitrogens with one attached hydrogen (secondary N) is 2. The van der Waals surface area contributed by atoms with Gasteiger partial charge in [0.25, 0.3) is 0 Å². The molecule has 5 nitrogen and oxygen atoms in total. The van der Waals surface area contributed by atoms with Crippen molar-refractivity contribution in [1.82, 2.24) is 10.6 Å². The maximum atomic E-state index is 11.5. The van der Waals surface area contributed by atoms with Gasteiger partial charge in [0.2, 0.25) is 0 Å². The number of amides is 2. The van der Waals surface area contributed by atoms with E-state index in [1.54, 1.807) is 6.92 Å². The van der Waals surface area contributed by atoms with Crippen molar-refractivity contribution in [2.75, 3.05) is 13.1 Å². The Kier molecular flexibility index (Phi) is 6.56. The number of hydrogen-bond donors (Lipinski definition) is 3. The van der Waals surface area contributed by atoms with Crippen LogP contribution in [-0.4, -0.2) is 30.2 Å². The van der Waals surface area contributed by atoms with Gasteiger partial charge in [-0.05, 0) is 17.9 Å². The van der Waals surface area contributed by atoms with E-state index in [9.17, 15) is 9.59 Å². The third kappa shape index (κ3) is 5.73. The smallest absolute Gasteiger partial charge is 0.314 e. The lowest BCUT2D eigenvalue weighted by Gasteiger charge is -2.13. The number of carboxylic acids is 1. The molecule has 0 aliphatic carbocycles. The van der Waals surface area contributed by atoms with Crippen LogP contribution in [0.4, 0.5) is 4.79 Å². The van der Waals surface area contributed by atoms with Crippen LogP contribution in [0.1, 0.15) is 31.7 Å². The van der Waals surface area contributed by atoms with Crippen LogP contribution >= 0.6 is 0 Å². The van der Waals surface area contributed by atoms with E-state index in [1.165, 1.54) is 5.56 Å². The molecule has 0 aliphatic rings. The number of urea groups is 1. The van der Waals surface area contributed by atoms with E-state index >= 15 is 0 Å². The molecule has 0 fully saturated rings. The maximum absolute atomic E-state index is 11.5. The zero-order valence-electron chi connectivity index (χ0n) is 11.9. The van der Waals surface area contributed by atoms with E-state index in [4.69, 9.17) is 5.11 Å². The van der Waals surface area contributed by atoms with E-state index in [2.05, 4.69) is 29.7 Å². The highest BCUT2D eigenvalue weighted by molar-refractivity contribution is 5.75. The van der Waals surface area contributed by atoms with E-state index in [-0.39, 0.29) is 12.6 Å². The van der Waals surface area contributed by atoms with Crippen molar-refractivity contribution in [3.05, 3.63) is 35.9 Å². The Bertz CT molecular complexity index is 434. The second-order valence-electron chi connectivity index (χ2n) is 4.98. The summed E-state index contributed by atoms with van der Waals surface area (Å²) < 4.78 is 0. The quantitative estimate of drug-likeness (QED) is 0.715. The first-order chi connectivity index (χ1) is 9.50. The molecule has 5 heteroatoms. The summed E-state index contributed by atoms with van der Waals surface area (Å²) >= 11 is 0. The summed E-state index contributed by atoms with van der Waals surface area (Å²) in [5.41, 5.74) is 1.24. The molecule has 2 amide bonds. The average Bonchev–Trinajstić information content (AvgIpc) is 2.45. The Morgan fingerprint density at radius 3 is 2.40 bits per heavy atom. The molecule has 0 aliphatic heterocycles. The number of benzene rings is 1. The molecule has 0 bridgehead atoms. The van der Waals surface area contributed by atoms with Crippen molar-refractivity contribution in [3.8, 4) is 0 Å². The van der Waals surface area contributed by atoms with Crippen molar-refractivity contribution in [1.29, 1.82) is 0 Å². The standard InChI is InChI=1S/C15H22N2O3/c1-11(13-6-4-3-5-7-13)8-9-16-15(20)17-10-12(2)14(18)19/h3-7,11-12H,8-10H2,1-2H3,(H,18,19)(H2,16,17,20). The van der Waals surface area contributed by atoms with Gasteiger partial charge in [-0.2, -0.15) is 0 Å². The monoisotopic (exact) mass is 278 g/mol. The van der Waals surface area contributed by atoms with Crippen LogP contribution < -0.4 is 10.6 Å². The van der Waals surface area contributed by atoms with Gasteiger partial charge in [-0.15, -0.1) is 0 Å². The number of rotatable bonds is 7. The Balaban J connectivity index is 2.20. The summed E-state index contributed by atoms with van der Waals surface area (Å²) in [7, 11) is 0. The summed E-state index contributed by atoms with van der Waals surface area (Å²) in [5, 5.41) is 14.0. The molecule has 0 heterocycles. The maximum Gasteiger partial charge on any atom is 0.314 e. The van der Waals surface area contributed by atoms with Gasteiger partial charge in [0.05, 0.1) is 5.92 Å². The molecule has 20 heavy (non-hydrogen) atoms. The Hall–Kier alpha value is -2.04. The summed E-state index contributed by atoms with van der Waals surface area (Å²) in [5.74, 6) is -1.12. The van der Waals surface area contributed by atoms with Crippen molar-refractivity contribution >= 4 is 12.0 Å². The van der Waals surface area contributed by atoms with Crippen LogP contribution in [0.5, 0.6) is 0 Å². The van der Waals surface area contributed by atoms with Gasteiger partial charge in [0.15, 0.2) is 0 Å². The van der Waals surface area contributed by atoms with Gasteiger partial charge in [-0.3, -0.25) is 4.79 Å². The van der Waals surface area contributed by atoms with Gasteiger partial charge in [-0.1, -0.05) is 44.2 Å². The fourth-order valence-electron chi connectivity index (χ4n) is 1.75. The predicted molar refractivity (Wildman–Crippen MR) is 77.7 cm³/mol. The Morgan fingerprint density at radius 1 is 1.15 bits per heavy atom. The molecular weight excluding hydrogens is 256 g/mol. The van der Waals surface area contributed by atoms with Gasteiger partial charge in [-0.25, -0.2) is 4.79 Å². The topological polar surface area (TPSA) is 78.4 Å². The number of carbonyl (C=O) groups excluding carboxylic acids is 1. The van der Waals surface area contributed by atoms with E-state index < -0.39 is 11.9 Å². The van der Waals surface area contributed by atoms with Gasteiger partial charge in [0, 0.05) is 13.1 Å². The molecule has 2 atom stereocenters. The molecule has 110 valence electrons. The summed E-state index contributed by atoms with van der Waals surface area (Å²) in [6, 6.07) is 9.79. The lowest BCUT2D eigenvalue weighted by atomic mass is 9.98. The predicted octanol–water partition coefficient (Wildman–Crippen LogP) is 2.20. The first kappa shape index (κ1) is 16.0. The summed E-state index contributed by atoms with van der Waals surface area (Å²) in [6.45, 7) is 4.36. The third-order valence-corrected chi connectivity index (χ3v) is 3.22. The fourth-order valence-corrected chi connectivity index (χ4v) is 1.75. The summed E-state index contributed by atoms with van der Waals surface area (Å²) in [6.07, 6.45) is 0.839. The molecule has 0 radical (unpaired) electrons. The highest BCUT2D eigenvalue weighted by Crippen LogP contribution is 2.17. The molecule has 2 unspecified atom stereocenters. The van der Waals surface area contributed by atoms with Gasteiger partial charge < -0.3 is 15.7 Å². The number of carboxylic acid groups (broad SMARTS) is 1. The largest absolute Gasteiger partial charge is 0.481 e. The molecule has 0 spiro atoms. The minimum atomic E-state index is -0.914. The molecule has 1 rings (SSSR count). The number of aliphatic carboxylic acids is 1. The zero-order chi connectivity index (χ0) is 15.0. The van der Waals surface area contributed by atoms with Crippen LogP contribution in [0.25, 0.3) is 0 Å². The Morgan fingerprint density at radius 2 is 1.80 bits per heavy atom. The minimum absolute atomic E-state index is 0.134. The fraction of sp³-hybridized carbons (Fsp3) is 0.467. The van der Waals surface area contributed by atoms with Crippen LogP contribution in [-0.2, 0) is 4.79 Å². The molecule has 1 aromatic carbocycles. The van der Waals surface area contributed by atoms with E-state index in [1.807, 2.05) is 18.2 Å². The van der Waals surface area contributed by atoms with Crippen LogP contribution in [0.15, 0.2) is 30.3 Å². The van der Waals surface area contributed by atoms with Crippen molar-refractivity contribution in [3.63, 3.8) is 0 Å². The normalized spacial score (nSPS) is 13.3. The zero-order valence-corrected chi connectivity index (χ0v) is 11.9. The Labute approximate surface area is 119 Å².